The Morgan fingerprint density at radius 1 is 0.833 bits per heavy atom. The minimum Gasteiger partial charge on any atom is -0.463 e. The van der Waals surface area contributed by atoms with Crippen molar-refractivity contribution >= 4 is 19.7 Å². The monoisotopic (exact) mass is 535 g/mol. The van der Waals surface area contributed by atoms with E-state index in [4.69, 9.17) is 13.8 Å². The van der Waals surface area contributed by atoms with Crippen LogP contribution in [0.2, 0.25) is 0 Å². The van der Waals surface area contributed by atoms with Crippen LogP contribution < -0.4 is 5.32 Å². The van der Waals surface area contributed by atoms with E-state index >= 15 is 0 Å². The molecule has 0 aliphatic carbocycles. The van der Waals surface area contributed by atoms with E-state index in [0.29, 0.717) is 6.42 Å². The molecule has 0 aromatic heterocycles. The largest absolute Gasteiger partial charge is 0.472 e. The van der Waals surface area contributed by atoms with Crippen LogP contribution in [-0.4, -0.2) is 54.3 Å². The molecule has 0 saturated carbocycles. The van der Waals surface area contributed by atoms with Crippen molar-refractivity contribution < 1.29 is 37.9 Å². The van der Waals surface area contributed by atoms with Crippen LogP contribution in [0.1, 0.15) is 110 Å². The maximum atomic E-state index is 11.8. The molecule has 2 unspecified atom stereocenters. The second-order valence-corrected chi connectivity index (χ2v) is 10.5. The van der Waals surface area contributed by atoms with E-state index in [0.717, 1.165) is 51.4 Å². The fraction of sp³-hybridized carbons (Fsp3) is 0.846. The fourth-order valence-corrected chi connectivity index (χ4v) is 4.05. The van der Waals surface area contributed by atoms with E-state index in [-0.39, 0.29) is 32.1 Å². The van der Waals surface area contributed by atoms with E-state index in [1.54, 1.807) is 0 Å². The Hall–Kier alpha value is -1.25. The summed E-state index contributed by atoms with van der Waals surface area (Å²) in [4.78, 5) is 32.9. The highest BCUT2D eigenvalue weighted by atomic mass is 31.2. The van der Waals surface area contributed by atoms with Gasteiger partial charge in [0.25, 0.3) is 0 Å². The Morgan fingerprint density at radius 2 is 1.44 bits per heavy atom. The molecular weight excluding hydrogens is 485 g/mol. The summed E-state index contributed by atoms with van der Waals surface area (Å²) >= 11 is 0. The summed E-state index contributed by atoms with van der Waals surface area (Å²) in [5.41, 5.74) is 0. The number of aliphatic hydroxyl groups is 1. The number of phosphoric ester groups is 1. The van der Waals surface area contributed by atoms with Gasteiger partial charge in [-0.05, 0) is 38.5 Å². The number of ether oxygens (including phenoxy) is 1. The smallest absolute Gasteiger partial charge is 0.463 e. The summed E-state index contributed by atoms with van der Waals surface area (Å²) in [5.74, 6) is -0.565. The highest BCUT2D eigenvalue weighted by molar-refractivity contribution is 7.47. The van der Waals surface area contributed by atoms with Gasteiger partial charge in [0.15, 0.2) is 0 Å². The number of amides is 1. The van der Waals surface area contributed by atoms with Gasteiger partial charge in [0.1, 0.15) is 12.7 Å². The number of phosphoric acid groups is 1. The summed E-state index contributed by atoms with van der Waals surface area (Å²) < 4.78 is 26.2. The van der Waals surface area contributed by atoms with Crippen LogP contribution >= 0.6 is 7.82 Å². The van der Waals surface area contributed by atoms with Gasteiger partial charge in [0.2, 0.25) is 5.91 Å². The van der Waals surface area contributed by atoms with Crippen LogP contribution in [0, 0.1) is 0 Å². The van der Waals surface area contributed by atoms with Crippen LogP contribution in [0.15, 0.2) is 12.2 Å². The lowest BCUT2D eigenvalue weighted by molar-refractivity contribution is -0.147. The highest BCUT2D eigenvalue weighted by Crippen LogP contribution is 2.42. The molecule has 0 radical (unpaired) electrons. The van der Waals surface area contributed by atoms with E-state index in [9.17, 15) is 24.2 Å². The van der Waals surface area contributed by atoms with Gasteiger partial charge in [-0.15, -0.1) is 0 Å². The van der Waals surface area contributed by atoms with Crippen molar-refractivity contribution in [2.75, 3.05) is 26.4 Å². The zero-order valence-electron chi connectivity index (χ0n) is 22.5. The second-order valence-electron chi connectivity index (χ2n) is 9.02. The molecule has 10 heteroatoms. The highest BCUT2D eigenvalue weighted by Gasteiger charge is 2.23. The summed E-state index contributed by atoms with van der Waals surface area (Å²) in [7, 11) is -4.37. The molecule has 3 N–H and O–H groups in total. The zero-order valence-corrected chi connectivity index (χ0v) is 23.4. The topological polar surface area (TPSA) is 131 Å². The third-order valence-electron chi connectivity index (χ3n) is 5.45. The molecule has 0 spiro atoms. The first-order chi connectivity index (χ1) is 17.3. The van der Waals surface area contributed by atoms with Crippen LogP contribution in [0.25, 0.3) is 0 Å². The number of carbonyl (C=O) groups excluding carboxylic acids is 2. The van der Waals surface area contributed by atoms with Crippen LogP contribution in [0.5, 0.6) is 0 Å². The summed E-state index contributed by atoms with van der Waals surface area (Å²) in [5, 5.41) is 12.4. The first-order valence-electron chi connectivity index (χ1n) is 13.7. The van der Waals surface area contributed by atoms with E-state index in [1.165, 1.54) is 32.1 Å². The number of hydrogen-bond donors (Lipinski definition) is 3. The lowest BCUT2D eigenvalue weighted by Gasteiger charge is -2.15. The van der Waals surface area contributed by atoms with Crippen LogP contribution in [0.4, 0.5) is 0 Å². The predicted molar refractivity (Wildman–Crippen MR) is 141 cm³/mol. The summed E-state index contributed by atoms with van der Waals surface area (Å²) in [6.07, 6.45) is 18.2. The van der Waals surface area contributed by atoms with Gasteiger partial charge in [-0.1, -0.05) is 70.9 Å². The van der Waals surface area contributed by atoms with Gasteiger partial charge in [-0.25, -0.2) is 4.57 Å². The molecule has 1 amide bonds. The standard InChI is InChI=1S/C26H50NO8P/c1-3-5-7-8-9-10-11-12-13-14-15-16-17-19-26(30)33-22-24(28)23-35-36(31,32)34-21-20-27-25(29)18-6-4-2/h10-11,24,28H,3-9,12-23H2,1-2H3,(H,27,29)(H,31,32)/b11-10-. The van der Waals surface area contributed by atoms with Crippen molar-refractivity contribution in [1.82, 2.24) is 5.32 Å². The Kier molecular flexibility index (Phi) is 23.3. The summed E-state index contributed by atoms with van der Waals surface area (Å²) in [6.45, 7) is 3.23. The van der Waals surface area contributed by atoms with E-state index in [1.807, 2.05) is 6.92 Å². The average molecular weight is 536 g/mol. The molecule has 212 valence electrons. The number of unbranched alkanes of at least 4 members (excludes halogenated alkanes) is 10. The first-order valence-corrected chi connectivity index (χ1v) is 15.2. The average Bonchev–Trinajstić information content (AvgIpc) is 2.85. The lowest BCUT2D eigenvalue weighted by atomic mass is 10.1. The SMILES string of the molecule is CCCCCC/C=C\CCCCCCCC(=O)OCC(O)COP(=O)(O)OCCNC(=O)CCCC. The second kappa shape index (κ2) is 24.1. The molecule has 0 heterocycles. The van der Waals surface area contributed by atoms with Crippen molar-refractivity contribution in [2.24, 2.45) is 0 Å². The van der Waals surface area contributed by atoms with Gasteiger partial charge >= 0.3 is 13.8 Å². The number of nitrogens with one attached hydrogen (secondary N) is 1. The fourth-order valence-electron chi connectivity index (χ4n) is 3.29. The molecule has 0 aliphatic heterocycles. The number of esters is 1. The molecule has 36 heavy (non-hydrogen) atoms. The van der Waals surface area contributed by atoms with Crippen LogP contribution in [0.3, 0.4) is 0 Å². The number of aliphatic hydroxyl groups excluding tert-OH is 1. The molecule has 0 aromatic carbocycles. The van der Waals surface area contributed by atoms with Gasteiger partial charge in [0.05, 0.1) is 13.2 Å². The van der Waals surface area contributed by atoms with Crippen molar-refractivity contribution in [3.05, 3.63) is 12.2 Å². The Bertz CT molecular complexity index is 629. The van der Waals surface area contributed by atoms with Gasteiger partial charge in [-0.3, -0.25) is 18.6 Å². The molecule has 0 fully saturated rings. The minimum atomic E-state index is -4.37. The predicted octanol–water partition coefficient (Wildman–Crippen LogP) is 5.59. The normalized spacial score (nSPS) is 14.0. The number of carbonyl (C=O) groups is 2. The molecule has 0 aliphatic rings. The Morgan fingerprint density at radius 3 is 2.11 bits per heavy atom. The van der Waals surface area contributed by atoms with E-state index < -0.39 is 26.5 Å². The lowest BCUT2D eigenvalue weighted by Crippen LogP contribution is -2.27. The number of allylic oxidation sites excluding steroid dienone is 2. The minimum absolute atomic E-state index is 0.0763. The zero-order chi connectivity index (χ0) is 26.9. The molecule has 9 nitrogen and oxygen atoms in total. The molecule has 0 saturated heterocycles. The van der Waals surface area contributed by atoms with Gasteiger partial charge in [-0.2, -0.15) is 0 Å². The molecule has 0 bridgehead atoms. The number of hydrogen-bond acceptors (Lipinski definition) is 7. The Balaban J connectivity index is 3.66. The maximum absolute atomic E-state index is 11.8. The molecular formula is C26H50NO8P. The third-order valence-corrected chi connectivity index (χ3v) is 6.43. The van der Waals surface area contributed by atoms with Crippen molar-refractivity contribution in [3.63, 3.8) is 0 Å². The third kappa shape index (κ3) is 24.4. The molecule has 2 atom stereocenters. The molecule has 0 rings (SSSR count). The van der Waals surface area contributed by atoms with Crippen molar-refractivity contribution in [3.8, 4) is 0 Å². The molecule has 0 aromatic rings. The quantitative estimate of drug-likeness (QED) is 0.0597. The first kappa shape index (κ1) is 34.8. The van der Waals surface area contributed by atoms with Gasteiger partial charge < -0.3 is 20.1 Å². The van der Waals surface area contributed by atoms with Crippen molar-refractivity contribution in [2.45, 2.75) is 116 Å². The summed E-state index contributed by atoms with van der Waals surface area (Å²) in [6, 6.07) is 0. The van der Waals surface area contributed by atoms with Crippen molar-refractivity contribution in [1.29, 1.82) is 0 Å². The van der Waals surface area contributed by atoms with E-state index in [2.05, 4.69) is 24.4 Å². The Labute approximate surface area is 218 Å². The number of rotatable bonds is 25. The van der Waals surface area contributed by atoms with Crippen LogP contribution in [-0.2, 0) is 27.9 Å². The van der Waals surface area contributed by atoms with Gasteiger partial charge in [0, 0.05) is 19.4 Å². The maximum Gasteiger partial charge on any atom is 0.472 e.